The van der Waals surface area contributed by atoms with Crippen molar-refractivity contribution in [2.45, 2.75) is 64.6 Å². The van der Waals surface area contributed by atoms with Crippen LogP contribution in [0.2, 0.25) is 0 Å². The Morgan fingerprint density at radius 2 is 2.00 bits per heavy atom. The minimum Gasteiger partial charge on any atom is -0.376 e. The van der Waals surface area contributed by atoms with Crippen LogP contribution >= 0.6 is 0 Å². The van der Waals surface area contributed by atoms with Crippen LogP contribution in [0.1, 0.15) is 40.5 Å². The molecule has 0 radical (unpaired) electrons. The molecular weight excluding hydrogens is 258 g/mol. The second kappa shape index (κ2) is 8.29. The highest BCUT2D eigenvalue weighted by Crippen LogP contribution is 2.33. The fourth-order valence-corrected chi connectivity index (χ4v) is 2.88. The van der Waals surface area contributed by atoms with Crippen LogP contribution in [-0.4, -0.2) is 67.5 Å². The Balaban J connectivity index is 2.43. The second-order valence-electron chi connectivity index (χ2n) is 5.69. The lowest BCUT2D eigenvalue weighted by molar-refractivity contribution is -0.274. The van der Waals surface area contributed by atoms with Gasteiger partial charge in [-0.2, -0.15) is 0 Å². The smallest absolute Gasteiger partial charge is 0.157 e. The van der Waals surface area contributed by atoms with Gasteiger partial charge in [-0.05, 0) is 33.4 Å². The Labute approximate surface area is 123 Å². The highest BCUT2D eigenvalue weighted by molar-refractivity contribution is 4.93. The van der Waals surface area contributed by atoms with E-state index in [1.165, 1.54) is 0 Å². The van der Waals surface area contributed by atoms with Crippen LogP contribution < -0.4 is 0 Å². The minimum atomic E-state index is -0.773. The third kappa shape index (κ3) is 4.67. The third-order valence-corrected chi connectivity index (χ3v) is 4.26. The van der Waals surface area contributed by atoms with Crippen LogP contribution in [0.3, 0.4) is 0 Å². The van der Waals surface area contributed by atoms with Gasteiger partial charge in [-0.25, -0.2) is 0 Å². The zero-order chi connectivity index (χ0) is 15.2. The van der Waals surface area contributed by atoms with E-state index >= 15 is 0 Å². The monoisotopic (exact) mass is 289 g/mol. The van der Waals surface area contributed by atoms with E-state index in [1.54, 1.807) is 7.11 Å². The number of rotatable bonds is 8. The molecule has 0 aromatic carbocycles. The molecule has 4 atom stereocenters. The van der Waals surface area contributed by atoms with Gasteiger partial charge in [0.15, 0.2) is 6.29 Å². The molecule has 1 aliphatic rings. The summed E-state index contributed by atoms with van der Waals surface area (Å²) in [6, 6.07) is 0. The molecule has 0 amide bonds. The number of methoxy groups -OCH3 is 1. The predicted molar refractivity (Wildman–Crippen MR) is 78.7 cm³/mol. The van der Waals surface area contributed by atoms with E-state index in [-0.39, 0.29) is 12.2 Å². The quantitative estimate of drug-likeness (QED) is 0.688. The maximum absolute atomic E-state index is 9.71. The lowest BCUT2D eigenvalue weighted by Crippen LogP contribution is -2.57. The molecule has 0 aromatic rings. The molecule has 1 heterocycles. The van der Waals surface area contributed by atoms with E-state index in [0.717, 1.165) is 26.1 Å². The average Bonchev–Trinajstić information content (AvgIpc) is 2.41. The van der Waals surface area contributed by atoms with Gasteiger partial charge in [0.25, 0.3) is 0 Å². The van der Waals surface area contributed by atoms with Crippen molar-refractivity contribution in [2.24, 2.45) is 0 Å². The summed E-state index contributed by atoms with van der Waals surface area (Å²) in [4.78, 5) is 2.38. The Bertz CT molecular complexity index is 273. The first-order valence-electron chi connectivity index (χ1n) is 7.69. The van der Waals surface area contributed by atoms with Gasteiger partial charge < -0.3 is 24.2 Å². The molecule has 5 heteroatoms. The van der Waals surface area contributed by atoms with Crippen LogP contribution in [0.15, 0.2) is 0 Å². The van der Waals surface area contributed by atoms with E-state index in [9.17, 15) is 5.11 Å². The molecule has 1 rings (SSSR count). The Morgan fingerprint density at radius 3 is 2.55 bits per heavy atom. The van der Waals surface area contributed by atoms with E-state index in [4.69, 9.17) is 14.2 Å². The van der Waals surface area contributed by atoms with Crippen LogP contribution in [0.5, 0.6) is 0 Å². The number of nitrogens with zero attached hydrogens (tertiary/aromatic N) is 1. The molecule has 0 aliphatic carbocycles. The number of hydrogen-bond acceptors (Lipinski definition) is 5. The van der Waals surface area contributed by atoms with E-state index in [1.807, 2.05) is 13.8 Å². The van der Waals surface area contributed by atoms with Gasteiger partial charge in [0.05, 0.1) is 11.7 Å². The Morgan fingerprint density at radius 1 is 1.35 bits per heavy atom. The molecule has 0 spiro atoms. The van der Waals surface area contributed by atoms with Gasteiger partial charge in [0, 0.05) is 26.7 Å². The van der Waals surface area contributed by atoms with Crippen LogP contribution in [0, 0.1) is 0 Å². The van der Waals surface area contributed by atoms with Crippen molar-refractivity contribution in [3.63, 3.8) is 0 Å². The van der Waals surface area contributed by atoms with E-state index in [0.29, 0.717) is 13.0 Å². The zero-order valence-corrected chi connectivity index (χ0v) is 13.6. The average molecular weight is 289 g/mol. The minimum absolute atomic E-state index is 0.146. The molecule has 0 aromatic heterocycles. The topological polar surface area (TPSA) is 51.2 Å². The lowest BCUT2D eigenvalue weighted by Gasteiger charge is -2.45. The molecule has 120 valence electrons. The normalized spacial score (nSPS) is 34.6. The summed E-state index contributed by atoms with van der Waals surface area (Å²) in [5, 5.41) is 9.71. The van der Waals surface area contributed by atoms with Crippen molar-refractivity contribution in [1.29, 1.82) is 0 Å². The van der Waals surface area contributed by atoms with Gasteiger partial charge in [-0.3, -0.25) is 0 Å². The van der Waals surface area contributed by atoms with E-state index < -0.39 is 11.9 Å². The molecule has 1 fully saturated rings. The summed E-state index contributed by atoms with van der Waals surface area (Å²) in [5.41, 5.74) is -0.494. The summed E-state index contributed by atoms with van der Waals surface area (Å²) >= 11 is 0. The lowest BCUT2D eigenvalue weighted by atomic mass is 9.88. The van der Waals surface area contributed by atoms with Crippen molar-refractivity contribution >= 4 is 0 Å². The molecule has 1 aliphatic heterocycles. The molecular formula is C15H31NO4. The van der Waals surface area contributed by atoms with Crippen molar-refractivity contribution in [2.75, 3.05) is 33.4 Å². The Kier molecular flexibility index (Phi) is 7.40. The summed E-state index contributed by atoms with van der Waals surface area (Å²) in [5.74, 6) is 0. The number of aliphatic hydroxyl groups is 1. The number of ether oxygens (including phenoxy) is 3. The number of aliphatic hydroxyl groups excluding tert-OH is 1. The molecule has 1 saturated heterocycles. The summed E-state index contributed by atoms with van der Waals surface area (Å²) in [6.07, 6.45) is 0.345. The third-order valence-electron chi connectivity index (χ3n) is 4.26. The second-order valence-corrected chi connectivity index (χ2v) is 5.69. The number of hydrogen-bond donors (Lipinski definition) is 1. The molecule has 5 nitrogen and oxygen atoms in total. The van der Waals surface area contributed by atoms with Gasteiger partial charge in [-0.15, -0.1) is 0 Å². The summed E-state index contributed by atoms with van der Waals surface area (Å²) < 4.78 is 17.0. The SMILES string of the molecule is CCN(CC)CCCO[C@H]1[C@H](C)O[C@@H](O)C[C@@]1(C)OC. The van der Waals surface area contributed by atoms with Gasteiger partial charge in [0.2, 0.25) is 0 Å². The van der Waals surface area contributed by atoms with Gasteiger partial charge >= 0.3 is 0 Å². The zero-order valence-electron chi connectivity index (χ0n) is 13.6. The standard InChI is InChI=1S/C15H31NO4/c1-6-16(7-2)9-8-10-19-14-12(3)20-13(17)11-15(14,4)18-5/h12-14,17H,6-11H2,1-5H3/t12-,13+,14-,15+/m0/s1. The van der Waals surface area contributed by atoms with Gasteiger partial charge in [-0.1, -0.05) is 13.8 Å². The van der Waals surface area contributed by atoms with Gasteiger partial charge in [0.1, 0.15) is 6.10 Å². The summed E-state index contributed by atoms with van der Waals surface area (Å²) in [6.45, 7) is 12.1. The predicted octanol–water partition coefficient (Wildman–Crippen LogP) is 1.64. The molecule has 20 heavy (non-hydrogen) atoms. The summed E-state index contributed by atoms with van der Waals surface area (Å²) in [7, 11) is 1.66. The fourth-order valence-electron chi connectivity index (χ4n) is 2.88. The first-order valence-corrected chi connectivity index (χ1v) is 7.69. The van der Waals surface area contributed by atoms with Crippen molar-refractivity contribution in [3.05, 3.63) is 0 Å². The highest BCUT2D eigenvalue weighted by atomic mass is 16.6. The molecule has 0 bridgehead atoms. The van der Waals surface area contributed by atoms with E-state index in [2.05, 4.69) is 18.7 Å². The first kappa shape index (κ1) is 17.9. The first-order chi connectivity index (χ1) is 9.46. The Hall–Kier alpha value is -0.200. The van der Waals surface area contributed by atoms with Crippen molar-refractivity contribution in [1.82, 2.24) is 4.90 Å². The maximum Gasteiger partial charge on any atom is 0.157 e. The fraction of sp³-hybridized carbons (Fsp3) is 1.00. The van der Waals surface area contributed by atoms with Crippen molar-refractivity contribution < 1.29 is 19.3 Å². The van der Waals surface area contributed by atoms with Crippen LogP contribution in [-0.2, 0) is 14.2 Å². The molecule has 1 N–H and O–H groups in total. The highest BCUT2D eigenvalue weighted by Gasteiger charge is 2.46. The molecule has 0 unspecified atom stereocenters. The largest absolute Gasteiger partial charge is 0.376 e. The maximum atomic E-state index is 9.71. The van der Waals surface area contributed by atoms with Crippen LogP contribution in [0.4, 0.5) is 0 Å². The van der Waals surface area contributed by atoms with Crippen LogP contribution in [0.25, 0.3) is 0 Å². The van der Waals surface area contributed by atoms with Crippen molar-refractivity contribution in [3.8, 4) is 0 Å². The molecule has 0 saturated carbocycles.